The van der Waals surface area contributed by atoms with Gasteiger partial charge < -0.3 is 16.6 Å². The number of hydrogen-bond donors (Lipinski definition) is 3. The van der Waals surface area contributed by atoms with Gasteiger partial charge >= 0.3 is 0 Å². The number of phenols is 1. The fourth-order valence-electron chi connectivity index (χ4n) is 1.41. The molecule has 0 aliphatic carbocycles. The van der Waals surface area contributed by atoms with E-state index in [9.17, 15) is 5.11 Å². The first-order chi connectivity index (χ1) is 6.57. The van der Waals surface area contributed by atoms with Gasteiger partial charge in [0.2, 0.25) is 0 Å². The van der Waals surface area contributed by atoms with Crippen LogP contribution in [-0.4, -0.2) is 5.11 Å². The minimum atomic E-state index is -0.169. The Kier molecular flexibility index (Phi) is 6.02. The average Bonchev–Trinajstić information content (AvgIpc) is 2.13. The second-order valence-electron chi connectivity index (χ2n) is 3.29. The van der Waals surface area contributed by atoms with Gasteiger partial charge in [-0.2, -0.15) is 0 Å². The van der Waals surface area contributed by atoms with E-state index in [-0.39, 0.29) is 24.2 Å². The van der Waals surface area contributed by atoms with Gasteiger partial charge in [0.25, 0.3) is 0 Å². The van der Waals surface area contributed by atoms with Crippen molar-refractivity contribution in [3.8, 4) is 5.75 Å². The van der Waals surface area contributed by atoms with Crippen molar-refractivity contribution in [2.75, 3.05) is 5.73 Å². The van der Waals surface area contributed by atoms with Gasteiger partial charge in [0.15, 0.2) is 0 Å². The molecule has 0 fully saturated rings. The lowest BCUT2D eigenvalue weighted by atomic mass is 10.0. The Morgan fingerprint density at radius 3 is 2.60 bits per heavy atom. The highest BCUT2D eigenvalue weighted by Gasteiger charge is 2.15. The van der Waals surface area contributed by atoms with Crippen LogP contribution in [0.15, 0.2) is 16.6 Å². The standard InChI is InChI=1S/C10H15BrN2O.ClH/c1-2-3-7(12)9-6(11)4-5-8(13)10(9)14;/h4-5,7,14H,2-3,12-13H2,1H3;1H/t7-;/m0./s1. The molecule has 1 rings (SSSR count). The zero-order valence-electron chi connectivity index (χ0n) is 8.53. The third kappa shape index (κ3) is 3.26. The molecular weight excluding hydrogens is 279 g/mol. The number of benzene rings is 1. The largest absolute Gasteiger partial charge is 0.505 e. The SMILES string of the molecule is CCC[C@H](N)c1c(Br)ccc(N)c1O.Cl. The van der Waals surface area contributed by atoms with Crippen LogP contribution < -0.4 is 11.5 Å². The smallest absolute Gasteiger partial charge is 0.144 e. The molecule has 0 amide bonds. The third-order valence-electron chi connectivity index (χ3n) is 2.17. The molecule has 0 aliphatic rings. The minimum absolute atomic E-state index is 0. The van der Waals surface area contributed by atoms with Gasteiger partial charge in [-0.15, -0.1) is 12.4 Å². The van der Waals surface area contributed by atoms with E-state index >= 15 is 0 Å². The van der Waals surface area contributed by atoms with Crippen molar-refractivity contribution in [3.63, 3.8) is 0 Å². The number of aromatic hydroxyl groups is 1. The van der Waals surface area contributed by atoms with Gasteiger partial charge in [0.05, 0.1) is 5.69 Å². The number of nitrogen functional groups attached to an aromatic ring is 1. The first kappa shape index (κ1) is 14.6. The Morgan fingerprint density at radius 2 is 2.07 bits per heavy atom. The molecule has 0 unspecified atom stereocenters. The maximum Gasteiger partial charge on any atom is 0.144 e. The molecular formula is C10H16BrClN2O. The first-order valence-electron chi connectivity index (χ1n) is 4.60. The molecule has 0 spiro atoms. The van der Waals surface area contributed by atoms with E-state index in [0.717, 1.165) is 17.3 Å². The predicted octanol–water partition coefficient (Wildman–Crippen LogP) is 2.96. The summed E-state index contributed by atoms with van der Waals surface area (Å²) in [5.74, 6) is 0.0975. The fourth-order valence-corrected chi connectivity index (χ4v) is 2.02. The Balaban J connectivity index is 0.00000196. The van der Waals surface area contributed by atoms with Crippen molar-refractivity contribution in [2.45, 2.75) is 25.8 Å². The molecule has 5 heteroatoms. The molecule has 0 aromatic heterocycles. The van der Waals surface area contributed by atoms with Crippen molar-refractivity contribution in [1.82, 2.24) is 0 Å². The predicted molar refractivity (Wildman–Crippen MR) is 69.3 cm³/mol. The minimum Gasteiger partial charge on any atom is -0.505 e. The summed E-state index contributed by atoms with van der Waals surface area (Å²) in [5.41, 5.74) is 12.6. The zero-order chi connectivity index (χ0) is 10.7. The number of rotatable bonds is 3. The number of anilines is 1. The molecule has 1 aromatic rings. The molecule has 0 saturated heterocycles. The quantitative estimate of drug-likeness (QED) is 0.593. The van der Waals surface area contributed by atoms with Crippen LogP contribution in [0.3, 0.4) is 0 Å². The van der Waals surface area contributed by atoms with Crippen LogP contribution in [0.1, 0.15) is 31.4 Å². The van der Waals surface area contributed by atoms with E-state index in [1.54, 1.807) is 12.1 Å². The summed E-state index contributed by atoms with van der Waals surface area (Å²) in [5, 5.41) is 9.74. The lowest BCUT2D eigenvalue weighted by molar-refractivity contribution is 0.460. The van der Waals surface area contributed by atoms with Gasteiger partial charge in [0.1, 0.15) is 5.75 Å². The Bertz CT molecular complexity index is 333. The number of nitrogens with two attached hydrogens (primary N) is 2. The molecule has 0 bridgehead atoms. The Hall–Kier alpha value is -0.450. The molecule has 0 saturated carbocycles. The van der Waals surface area contributed by atoms with Crippen LogP contribution in [0.4, 0.5) is 5.69 Å². The first-order valence-corrected chi connectivity index (χ1v) is 5.39. The van der Waals surface area contributed by atoms with Crippen LogP contribution in [0.5, 0.6) is 5.75 Å². The van der Waals surface area contributed by atoms with Crippen molar-refractivity contribution < 1.29 is 5.11 Å². The lowest BCUT2D eigenvalue weighted by Gasteiger charge is -2.15. The average molecular weight is 296 g/mol. The monoisotopic (exact) mass is 294 g/mol. The number of halogens is 2. The Morgan fingerprint density at radius 1 is 1.47 bits per heavy atom. The summed E-state index contributed by atoms with van der Waals surface area (Å²) in [7, 11) is 0. The van der Waals surface area contributed by atoms with Crippen LogP contribution in [-0.2, 0) is 0 Å². The van der Waals surface area contributed by atoms with Crippen molar-refractivity contribution in [1.29, 1.82) is 0 Å². The third-order valence-corrected chi connectivity index (χ3v) is 2.86. The summed E-state index contributed by atoms with van der Waals surface area (Å²) < 4.78 is 0.810. The van der Waals surface area contributed by atoms with E-state index in [1.165, 1.54) is 0 Å². The van der Waals surface area contributed by atoms with Crippen LogP contribution in [0, 0.1) is 0 Å². The zero-order valence-corrected chi connectivity index (χ0v) is 10.9. The van der Waals surface area contributed by atoms with Crippen molar-refractivity contribution >= 4 is 34.0 Å². The Labute approximate surface area is 104 Å². The number of hydrogen-bond acceptors (Lipinski definition) is 3. The van der Waals surface area contributed by atoms with Crippen LogP contribution in [0.2, 0.25) is 0 Å². The highest BCUT2D eigenvalue weighted by molar-refractivity contribution is 9.10. The van der Waals surface area contributed by atoms with Crippen molar-refractivity contribution in [3.05, 3.63) is 22.2 Å². The second-order valence-corrected chi connectivity index (χ2v) is 4.15. The van der Waals surface area contributed by atoms with Gasteiger partial charge in [-0.1, -0.05) is 29.3 Å². The summed E-state index contributed by atoms with van der Waals surface area (Å²) in [6, 6.07) is 3.29. The van der Waals surface area contributed by atoms with E-state index in [1.807, 2.05) is 0 Å². The highest BCUT2D eigenvalue weighted by Crippen LogP contribution is 2.36. The summed E-state index contributed by atoms with van der Waals surface area (Å²) in [4.78, 5) is 0. The van der Waals surface area contributed by atoms with Gasteiger partial charge in [-0.05, 0) is 18.6 Å². The second kappa shape index (κ2) is 6.20. The molecule has 1 aromatic carbocycles. The molecule has 15 heavy (non-hydrogen) atoms. The van der Waals surface area contributed by atoms with E-state index in [0.29, 0.717) is 11.3 Å². The summed E-state index contributed by atoms with van der Waals surface area (Å²) >= 11 is 3.36. The molecule has 0 radical (unpaired) electrons. The van der Waals surface area contributed by atoms with E-state index in [4.69, 9.17) is 11.5 Å². The molecule has 86 valence electrons. The van der Waals surface area contributed by atoms with E-state index in [2.05, 4.69) is 22.9 Å². The molecule has 5 N–H and O–H groups in total. The molecule has 3 nitrogen and oxygen atoms in total. The maximum absolute atomic E-state index is 9.74. The molecule has 1 atom stereocenters. The molecule has 0 aliphatic heterocycles. The van der Waals surface area contributed by atoms with Crippen LogP contribution >= 0.6 is 28.3 Å². The maximum atomic E-state index is 9.74. The normalized spacial score (nSPS) is 11.9. The van der Waals surface area contributed by atoms with Gasteiger partial charge in [0, 0.05) is 16.1 Å². The van der Waals surface area contributed by atoms with Crippen LogP contribution in [0.25, 0.3) is 0 Å². The van der Waals surface area contributed by atoms with Crippen molar-refractivity contribution in [2.24, 2.45) is 5.73 Å². The molecule has 0 heterocycles. The summed E-state index contributed by atoms with van der Waals surface area (Å²) in [6.45, 7) is 2.05. The van der Waals surface area contributed by atoms with Gasteiger partial charge in [-0.3, -0.25) is 0 Å². The summed E-state index contributed by atoms with van der Waals surface area (Å²) in [6.07, 6.45) is 1.80. The highest BCUT2D eigenvalue weighted by atomic mass is 79.9. The number of phenolic OH excluding ortho intramolecular Hbond substituents is 1. The van der Waals surface area contributed by atoms with Gasteiger partial charge in [-0.25, -0.2) is 0 Å². The fraction of sp³-hybridized carbons (Fsp3) is 0.400. The topological polar surface area (TPSA) is 72.3 Å². The lowest BCUT2D eigenvalue weighted by Crippen LogP contribution is -2.11. The van der Waals surface area contributed by atoms with E-state index < -0.39 is 0 Å².